The second-order valence-electron chi connectivity index (χ2n) is 7.13. The van der Waals surface area contributed by atoms with Gasteiger partial charge in [-0.1, -0.05) is 48.0 Å². The van der Waals surface area contributed by atoms with Crippen LogP contribution in [-0.2, 0) is 6.42 Å². The fraction of sp³-hybridized carbons (Fsp3) is 0.381. The highest BCUT2D eigenvalue weighted by atomic mass is 16.3. The number of aryl methyl sites for hydroxylation is 1. The van der Waals surface area contributed by atoms with Gasteiger partial charge in [0.05, 0.1) is 12.1 Å². The maximum absolute atomic E-state index is 13.0. The molecule has 0 aromatic heterocycles. The molecule has 1 N–H and O–H groups in total. The van der Waals surface area contributed by atoms with E-state index in [1.54, 1.807) is 4.90 Å². The van der Waals surface area contributed by atoms with Gasteiger partial charge in [0, 0.05) is 18.7 Å². The number of likely N-dealkylation sites (tertiary alicyclic amines) is 1. The molecule has 2 aromatic carbocycles. The largest absolute Gasteiger partial charge is 0.390 e. The molecule has 4 heteroatoms. The molecule has 2 atom stereocenters. The van der Waals surface area contributed by atoms with Crippen LogP contribution in [0.4, 0.5) is 0 Å². The van der Waals surface area contributed by atoms with Crippen LogP contribution < -0.4 is 0 Å². The molecule has 132 valence electrons. The Morgan fingerprint density at radius 1 is 1.12 bits per heavy atom. The predicted molar refractivity (Wildman–Crippen MR) is 99.8 cm³/mol. The Labute approximate surface area is 149 Å². The number of aliphatic hydroxyl groups excluding tert-OH is 1. The van der Waals surface area contributed by atoms with Crippen LogP contribution in [0.25, 0.3) is 0 Å². The molecule has 1 heterocycles. The van der Waals surface area contributed by atoms with Crippen LogP contribution in [0.15, 0.2) is 48.5 Å². The van der Waals surface area contributed by atoms with Crippen molar-refractivity contribution in [2.75, 3.05) is 27.2 Å². The van der Waals surface area contributed by atoms with Gasteiger partial charge in [0.15, 0.2) is 0 Å². The van der Waals surface area contributed by atoms with Crippen LogP contribution in [-0.4, -0.2) is 60.1 Å². The third kappa shape index (κ3) is 3.91. The lowest BCUT2D eigenvalue weighted by molar-refractivity contribution is 0.0763. The number of aliphatic hydroxyl groups is 1. The monoisotopic (exact) mass is 338 g/mol. The molecule has 2 aromatic rings. The molecule has 1 saturated heterocycles. The Balaban J connectivity index is 1.81. The van der Waals surface area contributed by atoms with E-state index in [-0.39, 0.29) is 11.9 Å². The molecule has 0 unspecified atom stereocenters. The van der Waals surface area contributed by atoms with Crippen molar-refractivity contribution >= 4 is 5.91 Å². The molecule has 0 spiro atoms. The van der Waals surface area contributed by atoms with E-state index in [4.69, 9.17) is 0 Å². The first kappa shape index (κ1) is 17.6. The van der Waals surface area contributed by atoms with Crippen LogP contribution in [0.1, 0.15) is 27.0 Å². The van der Waals surface area contributed by atoms with E-state index in [1.165, 1.54) is 11.1 Å². The zero-order valence-electron chi connectivity index (χ0n) is 15.1. The third-order valence-corrected chi connectivity index (χ3v) is 4.97. The van der Waals surface area contributed by atoms with Gasteiger partial charge in [-0.25, -0.2) is 0 Å². The van der Waals surface area contributed by atoms with Crippen LogP contribution in [0.2, 0.25) is 0 Å². The van der Waals surface area contributed by atoms with Crippen molar-refractivity contribution in [3.05, 3.63) is 70.8 Å². The lowest BCUT2D eigenvalue weighted by atomic mass is 9.98. The van der Waals surface area contributed by atoms with E-state index in [0.29, 0.717) is 13.1 Å². The van der Waals surface area contributed by atoms with Gasteiger partial charge in [-0.15, -0.1) is 0 Å². The van der Waals surface area contributed by atoms with Crippen LogP contribution >= 0.6 is 0 Å². The highest BCUT2D eigenvalue weighted by Gasteiger charge is 2.35. The normalized spacial score (nSPS) is 20.3. The van der Waals surface area contributed by atoms with Crippen molar-refractivity contribution < 1.29 is 9.90 Å². The number of benzene rings is 2. The van der Waals surface area contributed by atoms with Gasteiger partial charge in [-0.2, -0.15) is 0 Å². The average Bonchev–Trinajstić information content (AvgIpc) is 2.99. The lowest BCUT2D eigenvalue weighted by Crippen LogP contribution is -2.38. The van der Waals surface area contributed by atoms with E-state index in [1.807, 2.05) is 43.3 Å². The Bertz CT molecular complexity index is 740. The number of nitrogens with zero attached hydrogens (tertiary/aromatic N) is 2. The molecule has 4 nitrogen and oxygen atoms in total. The number of amides is 1. The summed E-state index contributed by atoms with van der Waals surface area (Å²) in [5.74, 6) is 0.00566. The molecule has 1 aliphatic heterocycles. The fourth-order valence-corrected chi connectivity index (χ4v) is 3.42. The van der Waals surface area contributed by atoms with Crippen molar-refractivity contribution in [2.45, 2.75) is 25.5 Å². The van der Waals surface area contributed by atoms with Crippen LogP contribution in [0, 0.1) is 6.92 Å². The first-order valence-corrected chi connectivity index (χ1v) is 8.73. The topological polar surface area (TPSA) is 43.8 Å². The minimum atomic E-state index is -0.497. The molecular weight excluding hydrogens is 312 g/mol. The SMILES string of the molecule is Cc1ccc(Cc2ccccc2C(=O)N2C[C@H](O)[C@@H](N(C)C)C2)cc1. The Morgan fingerprint density at radius 3 is 2.44 bits per heavy atom. The summed E-state index contributed by atoms with van der Waals surface area (Å²) in [4.78, 5) is 16.8. The van der Waals surface area contributed by atoms with Crippen LogP contribution in [0.5, 0.6) is 0 Å². The van der Waals surface area contributed by atoms with Gasteiger partial charge in [0.2, 0.25) is 0 Å². The highest BCUT2D eigenvalue weighted by molar-refractivity contribution is 5.96. The second kappa shape index (κ2) is 7.38. The molecule has 0 aliphatic carbocycles. The molecule has 0 radical (unpaired) electrons. The van der Waals surface area contributed by atoms with Crippen molar-refractivity contribution in [3.63, 3.8) is 0 Å². The summed E-state index contributed by atoms with van der Waals surface area (Å²) in [6.07, 6.45) is 0.235. The smallest absolute Gasteiger partial charge is 0.254 e. The maximum atomic E-state index is 13.0. The van der Waals surface area contributed by atoms with Crippen molar-refractivity contribution in [1.29, 1.82) is 0 Å². The maximum Gasteiger partial charge on any atom is 0.254 e. The van der Waals surface area contributed by atoms with Gasteiger partial charge < -0.3 is 14.9 Å². The van der Waals surface area contributed by atoms with Gasteiger partial charge in [-0.05, 0) is 44.6 Å². The Hall–Kier alpha value is -2.17. The lowest BCUT2D eigenvalue weighted by Gasteiger charge is -2.22. The number of hydrogen-bond donors (Lipinski definition) is 1. The summed E-state index contributed by atoms with van der Waals surface area (Å²) in [5.41, 5.74) is 4.18. The summed E-state index contributed by atoms with van der Waals surface area (Å²) >= 11 is 0. The number of β-amino-alcohol motifs (C(OH)–C–C–N with tert-alkyl or cyclic N) is 1. The molecule has 0 bridgehead atoms. The summed E-state index contributed by atoms with van der Waals surface area (Å²) in [6.45, 7) is 3.02. The number of rotatable bonds is 4. The number of hydrogen-bond acceptors (Lipinski definition) is 3. The molecule has 3 rings (SSSR count). The molecule has 25 heavy (non-hydrogen) atoms. The molecule has 1 fully saturated rings. The van der Waals surface area contributed by atoms with E-state index in [2.05, 4.69) is 31.2 Å². The first-order chi connectivity index (χ1) is 12.0. The van der Waals surface area contributed by atoms with E-state index >= 15 is 0 Å². The summed E-state index contributed by atoms with van der Waals surface area (Å²) < 4.78 is 0. The zero-order chi connectivity index (χ0) is 18.0. The summed E-state index contributed by atoms with van der Waals surface area (Å²) in [7, 11) is 3.88. The fourth-order valence-electron chi connectivity index (χ4n) is 3.42. The number of likely N-dealkylation sites (N-methyl/N-ethyl adjacent to an activating group) is 1. The van der Waals surface area contributed by atoms with E-state index < -0.39 is 6.10 Å². The minimum Gasteiger partial charge on any atom is -0.390 e. The molecular formula is C21H26N2O2. The van der Waals surface area contributed by atoms with Crippen LogP contribution in [0.3, 0.4) is 0 Å². The second-order valence-corrected chi connectivity index (χ2v) is 7.13. The zero-order valence-corrected chi connectivity index (χ0v) is 15.1. The van der Waals surface area contributed by atoms with Gasteiger partial charge in [-0.3, -0.25) is 4.79 Å². The van der Waals surface area contributed by atoms with E-state index in [0.717, 1.165) is 17.5 Å². The minimum absolute atomic E-state index is 0.00566. The van der Waals surface area contributed by atoms with Gasteiger partial charge >= 0.3 is 0 Å². The third-order valence-electron chi connectivity index (χ3n) is 4.97. The van der Waals surface area contributed by atoms with E-state index in [9.17, 15) is 9.90 Å². The Kier molecular flexibility index (Phi) is 5.21. The first-order valence-electron chi connectivity index (χ1n) is 8.73. The van der Waals surface area contributed by atoms with Crippen molar-refractivity contribution in [1.82, 2.24) is 9.80 Å². The summed E-state index contributed by atoms with van der Waals surface area (Å²) in [5, 5.41) is 10.2. The molecule has 1 amide bonds. The number of carbonyl (C=O) groups is 1. The van der Waals surface area contributed by atoms with Gasteiger partial charge in [0.1, 0.15) is 0 Å². The summed E-state index contributed by atoms with van der Waals surface area (Å²) in [6, 6.07) is 16.2. The van der Waals surface area contributed by atoms with Gasteiger partial charge in [0.25, 0.3) is 5.91 Å². The molecule has 1 aliphatic rings. The quantitative estimate of drug-likeness (QED) is 0.930. The Morgan fingerprint density at radius 2 is 1.80 bits per heavy atom. The highest BCUT2D eigenvalue weighted by Crippen LogP contribution is 2.21. The van der Waals surface area contributed by atoms with Crippen molar-refractivity contribution in [3.8, 4) is 0 Å². The predicted octanol–water partition coefficient (Wildman–Crippen LogP) is 2.33. The standard InChI is InChI=1S/C21H26N2O2/c1-15-8-10-16(11-9-15)12-17-6-4-5-7-18(17)21(25)23-13-19(22(2)3)20(24)14-23/h4-11,19-20,24H,12-14H2,1-3H3/t19-,20-/m0/s1. The average molecular weight is 338 g/mol. The van der Waals surface area contributed by atoms with Crippen molar-refractivity contribution in [2.24, 2.45) is 0 Å². The number of carbonyl (C=O) groups excluding carboxylic acids is 1. The molecule has 0 saturated carbocycles.